The summed E-state index contributed by atoms with van der Waals surface area (Å²) in [6, 6.07) is 8.64. The number of nitrogens with zero attached hydrogens (tertiary/aromatic N) is 4. The van der Waals surface area contributed by atoms with Gasteiger partial charge in [-0.1, -0.05) is 0 Å². The minimum atomic E-state index is 0.853. The molecule has 6 nitrogen and oxygen atoms in total. The van der Waals surface area contributed by atoms with Gasteiger partial charge in [-0.25, -0.2) is 0 Å². The second kappa shape index (κ2) is 5.26. The first-order valence-corrected chi connectivity index (χ1v) is 7.74. The Kier molecular flexibility index (Phi) is 3.19. The zero-order valence-corrected chi connectivity index (χ0v) is 14.1. The monoisotopic (exact) mass is 318 g/mol. The molecule has 4 rings (SSSR count). The number of H-pyrrole nitrogens is 2. The number of benzene rings is 2. The van der Waals surface area contributed by atoms with Crippen molar-refractivity contribution in [3.63, 3.8) is 0 Å². The third-order valence-corrected chi connectivity index (χ3v) is 4.50. The number of nitrogens with one attached hydrogen (secondary N) is 2. The molecule has 120 valence electrons. The summed E-state index contributed by atoms with van der Waals surface area (Å²) in [7, 11) is 7.14. The molecule has 0 saturated carbocycles. The normalized spacial score (nSPS) is 15.7. The topological polar surface area (TPSA) is 81.0 Å². The standard InChI is InChI=1S/C18H18N6/c1-19-15-11-5-9-7-13-14(18(22-4)24-17(13)21-3)8-10(9)6-12(11)16(20-2)23-15/h5-8H,1-4H3,(H,19,20,23)(H,21,22,24). The van der Waals surface area contributed by atoms with Crippen molar-refractivity contribution in [1.82, 2.24) is 9.97 Å². The zero-order valence-electron chi connectivity index (χ0n) is 14.1. The van der Waals surface area contributed by atoms with Gasteiger partial charge in [0.15, 0.2) is 0 Å². The van der Waals surface area contributed by atoms with Gasteiger partial charge in [0.1, 0.15) is 22.0 Å². The second-order valence-electron chi connectivity index (χ2n) is 5.68. The second-order valence-corrected chi connectivity index (χ2v) is 5.68. The number of hydrogen-bond donors (Lipinski definition) is 2. The minimum absolute atomic E-state index is 0.853. The summed E-state index contributed by atoms with van der Waals surface area (Å²) in [5, 5.41) is 6.61. The van der Waals surface area contributed by atoms with Crippen LogP contribution in [0.25, 0.3) is 32.3 Å². The maximum absolute atomic E-state index is 4.33. The van der Waals surface area contributed by atoms with E-state index < -0.39 is 0 Å². The number of aromatic amines is 2. The maximum atomic E-state index is 4.33. The van der Waals surface area contributed by atoms with Crippen LogP contribution in [0.5, 0.6) is 0 Å². The summed E-state index contributed by atoms with van der Waals surface area (Å²) in [6.45, 7) is 0. The highest BCUT2D eigenvalue weighted by molar-refractivity contribution is 6.04. The van der Waals surface area contributed by atoms with Crippen molar-refractivity contribution in [1.29, 1.82) is 0 Å². The average Bonchev–Trinajstić information content (AvgIpc) is 3.14. The molecule has 0 aliphatic heterocycles. The Hall–Kier alpha value is -3.02. The first-order chi connectivity index (χ1) is 11.7. The van der Waals surface area contributed by atoms with Gasteiger partial charge in [0, 0.05) is 49.7 Å². The number of rotatable bonds is 0. The number of aromatic nitrogens is 2. The zero-order chi connectivity index (χ0) is 16.8. The van der Waals surface area contributed by atoms with E-state index in [4.69, 9.17) is 0 Å². The van der Waals surface area contributed by atoms with E-state index in [9.17, 15) is 0 Å². The smallest absolute Gasteiger partial charge is 0.134 e. The van der Waals surface area contributed by atoms with Gasteiger partial charge in [-0.2, -0.15) is 0 Å². The fraction of sp³-hybridized carbons (Fsp3) is 0.222. The van der Waals surface area contributed by atoms with Crippen LogP contribution in [0.1, 0.15) is 0 Å². The molecule has 0 aliphatic rings. The lowest BCUT2D eigenvalue weighted by Crippen LogP contribution is -2.09. The number of hydrogen-bond acceptors (Lipinski definition) is 4. The molecule has 0 spiro atoms. The molecule has 2 heterocycles. The van der Waals surface area contributed by atoms with Crippen LogP contribution in [-0.4, -0.2) is 38.2 Å². The molecule has 4 aromatic rings. The van der Waals surface area contributed by atoms with Gasteiger partial charge in [0.05, 0.1) is 0 Å². The third-order valence-electron chi connectivity index (χ3n) is 4.50. The van der Waals surface area contributed by atoms with E-state index in [2.05, 4.69) is 54.2 Å². The Morgan fingerprint density at radius 3 is 0.958 bits per heavy atom. The van der Waals surface area contributed by atoms with E-state index in [-0.39, 0.29) is 0 Å². The molecule has 2 N–H and O–H groups in total. The highest BCUT2D eigenvalue weighted by atomic mass is 14.9. The van der Waals surface area contributed by atoms with Crippen molar-refractivity contribution < 1.29 is 0 Å². The number of fused-ring (bicyclic) bond motifs is 3. The predicted molar refractivity (Wildman–Crippen MR) is 96.0 cm³/mol. The molecular weight excluding hydrogens is 300 g/mol. The van der Waals surface area contributed by atoms with Gasteiger partial charge >= 0.3 is 0 Å². The first-order valence-electron chi connectivity index (χ1n) is 7.74. The van der Waals surface area contributed by atoms with Gasteiger partial charge in [0.2, 0.25) is 0 Å². The summed E-state index contributed by atoms with van der Waals surface area (Å²) in [6.07, 6.45) is 0. The van der Waals surface area contributed by atoms with Crippen LogP contribution in [-0.2, 0) is 0 Å². The van der Waals surface area contributed by atoms with Crippen molar-refractivity contribution >= 4 is 32.3 Å². The lowest BCUT2D eigenvalue weighted by Gasteiger charge is -2.00. The summed E-state index contributed by atoms with van der Waals surface area (Å²) < 4.78 is 0. The highest BCUT2D eigenvalue weighted by Gasteiger charge is 2.09. The third kappa shape index (κ3) is 1.89. The highest BCUT2D eigenvalue weighted by Crippen LogP contribution is 2.22. The molecule has 0 aliphatic carbocycles. The Morgan fingerprint density at radius 2 is 0.750 bits per heavy atom. The molecule has 0 bridgehead atoms. The van der Waals surface area contributed by atoms with Crippen LogP contribution < -0.4 is 22.0 Å². The predicted octanol–water partition coefficient (Wildman–Crippen LogP) is 0.800. The molecule has 0 unspecified atom stereocenters. The van der Waals surface area contributed by atoms with Gasteiger partial charge in [-0.3, -0.25) is 20.0 Å². The molecule has 0 amide bonds. The van der Waals surface area contributed by atoms with Crippen LogP contribution in [0.3, 0.4) is 0 Å². The summed E-state index contributed by atoms with van der Waals surface area (Å²) in [5.74, 6) is 0. The van der Waals surface area contributed by atoms with Crippen LogP contribution in [0.15, 0.2) is 44.2 Å². The average molecular weight is 318 g/mol. The van der Waals surface area contributed by atoms with Gasteiger partial charge in [0.25, 0.3) is 0 Å². The van der Waals surface area contributed by atoms with Crippen molar-refractivity contribution in [3.8, 4) is 0 Å². The van der Waals surface area contributed by atoms with E-state index in [0.717, 1.165) is 54.3 Å². The maximum Gasteiger partial charge on any atom is 0.134 e. The van der Waals surface area contributed by atoms with E-state index >= 15 is 0 Å². The molecule has 6 heteroatoms. The Bertz CT molecular complexity index is 1140. The summed E-state index contributed by atoms with van der Waals surface area (Å²) >= 11 is 0. The molecule has 2 aromatic carbocycles. The molecule has 2 aromatic heterocycles. The molecule has 0 fully saturated rings. The largest absolute Gasteiger partial charge is 0.325 e. The summed E-state index contributed by atoms with van der Waals surface area (Å²) in [5.41, 5.74) is 3.41. The molecule has 24 heavy (non-hydrogen) atoms. The lowest BCUT2D eigenvalue weighted by atomic mass is 10.0. The van der Waals surface area contributed by atoms with Crippen molar-refractivity contribution in [2.45, 2.75) is 0 Å². The Labute approximate surface area is 137 Å². The van der Waals surface area contributed by atoms with Crippen molar-refractivity contribution in [2.75, 3.05) is 28.2 Å². The molecular formula is C18H18N6. The molecule has 0 saturated heterocycles. The van der Waals surface area contributed by atoms with Crippen molar-refractivity contribution in [2.24, 2.45) is 20.0 Å². The van der Waals surface area contributed by atoms with E-state index in [1.165, 1.54) is 0 Å². The van der Waals surface area contributed by atoms with Crippen LogP contribution >= 0.6 is 0 Å². The molecule has 0 radical (unpaired) electrons. The SMILES string of the molecule is C/N=c1\[nH]/c(=N\C)c2cc3cc4/c(=N/C)[nH]/c(=N\C)c4cc3cc12. The van der Waals surface area contributed by atoms with Crippen LogP contribution in [0.2, 0.25) is 0 Å². The van der Waals surface area contributed by atoms with Crippen LogP contribution in [0.4, 0.5) is 0 Å². The first kappa shape index (κ1) is 14.6. The quantitative estimate of drug-likeness (QED) is 0.481. The Balaban J connectivity index is 2.28. The Morgan fingerprint density at radius 1 is 0.500 bits per heavy atom. The minimum Gasteiger partial charge on any atom is -0.325 e. The van der Waals surface area contributed by atoms with E-state index in [1.807, 2.05) is 0 Å². The molecule has 0 atom stereocenters. The van der Waals surface area contributed by atoms with Gasteiger partial charge < -0.3 is 9.97 Å². The van der Waals surface area contributed by atoms with Gasteiger partial charge in [-0.05, 0) is 35.0 Å². The fourth-order valence-corrected chi connectivity index (χ4v) is 3.33. The lowest BCUT2D eigenvalue weighted by molar-refractivity contribution is 1.09. The summed E-state index contributed by atoms with van der Waals surface area (Å²) in [4.78, 5) is 23.9. The van der Waals surface area contributed by atoms with Crippen molar-refractivity contribution in [3.05, 3.63) is 46.2 Å². The van der Waals surface area contributed by atoms with E-state index in [1.54, 1.807) is 28.2 Å². The fourth-order valence-electron chi connectivity index (χ4n) is 3.33. The van der Waals surface area contributed by atoms with E-state index in [0.29, 0.717) is 0 Å². The van der Waals surface area contributed by atoms with Crippen LogP contribution in [0, 0.1) is 0 Å². The van der Waals surface area contributed by atoms with Gasteiger partial charge in [-0.15, -0.1) is 0 Å².